The molecule has 0 spiro atoms. The van der Waals surface area contributed by atoms with Crippen molar-refractivity contribution >= 4 is 5.69 Å². The van der Waals surface area contributed by atoms with Gasteiger partial charge in [0.1, 0.15) is 6.54 Å². The highest BCUT2D eigenvalue weighted by molar-refractivity contribution is 5.45. The Morgan fingerprint density at radius 1 is 1.31 bits per heavy atom. The smallest absolute Gasteiger partial charge is 0.106 e. The predicted octanol–water partition coefficient (Wildman–Crippen LogP) is 2.77. The topological polar surface area (TPSA) is 41.5 Å². The molecule has 13 heavy (non-hydrogen) atoms. The molecule has 0 radical (unpaired) electrons. The average Bonchev–Trinajstić information content (AvgIpc) is 2.08. The van der Waals surface area contributed by atoms with Gasteiger partial charge in [0.2, 0.25) is 0 Å². The van der Waals surface area contributed by atoms with Crippen molar-refractivity contribution in [3.05, 3.63) is 34.7 Å². The fraction of sp³-hybridized carbons (Fsp3) is 0.400. The fourth-order valence-corrected chi connectivity index (χ4v) is 1.11. The van der Waals surface area contributed by atoms with Crippen LogP contribution in [0.2, 0.25) is 0 Å². The fourth-order valence-electron chi connectivity index (χ4n) is 1.11. The summed E-state index contributed by atoms with van der Waals surface area (Å²) in [5.74, 6) is 0. The molecule has 70 valence electrons. The van der Waals surface area contributed by atoms with Gasteiger partial charge in [-0.25, -0.2) is 0 Å². The zero-order valence-corrected chi connectivity index (χ0v) is 7.95. The number of benzene rings is 1. The quantitative estimate of drug-likeness (QED) is 0.720. The maximum Gasteiger partial charge on any atom is 0.106 e. The normalized spacial score (nSPS) is 10.1. The van der Waals surface area contributed by atoms with Crippen molar-refractivity contribution in [2.24, 2.45) is 5.18 Å². The summed E-state index contributed by atoms with van der Waals surface area (Å²) < 4.78 is 0. The summed E-state index contributed by atoms with van der Waals surface area (Å²) in [7, 11) is 0. The summed E-state index contributed by atoms with van der Waals surface area (Å²) in [6, 6.07) is 8.16. The van der Waals surface area contributed by atoms with Crippen molar-refractivity contribution in [3.8, 4) is 0 Å². The molecule has 0 heterocycles. The van der Waals surface area contributed by atoms with Crippen molar-refractivity contribution in [1.29, 1.82) is 0 Å². The van der Waals surface area contributed by atoms with Crippen LogP contribution in [0.15, 0.2) is 29.4 Å². The number of rotatable bonds is 4. The molecule has 0 bridgehead atoms. The highest BCUT2D eigenvalue weighted by atomic mass is 16.3. The van der Waals surface area contributed by atoms with Gasteiger partial charge in [0.25, 0.3) is 0 Å². The number of nitrogens with one attached hydrogen (secondary N) is 1. The molecule has 3 nitrogen and oxygen atoms in total. The monoisotopic (exact) mass is 178 g/mol. The van der Waals surface area contributed by atoms with Crippen LogP contribution in [-0.2, 0) is 6.54 Å². The summed E-state index contributed by atoms with van der Waals surface area (Å²) in [5, 5.41) is 6.09. The van der Waals surface area contributed by atoms with E-state index >= 15 is 0 Å². The zero-order chi connectivity index (χ0) is 9.68. The van der Waals surface area contributed by atoms with E-state index < -0.39 is 0 Å². The van der Waals surface area contributed by atoms with Crippen LogP contribution >= 0.6 is 0 Å². The molecule has 0 atom stereocenters. The lowest BCUT2D eigenvalue weighted by atomic mass is 10.2. The second-order valence-corrected chi connectivity index (χ2v) is 3.28. The second kappa shape index (κ2) is 4.60. The molecule has 1 aromatic rings. The first-order valence-corrected chi connectivity index (χ1v) is 4.37. The van der Waals surface area contributed by atoms with Gasteiger partial charge in [0.15, 0.2) is 0 Å². The van der Waals surface area contributed by atoms with E-state index in [4.69, 9.17) is 0 Å². The SMILES string of the molecule is CC(C)Nc1ccc(CN=O)cc1. The molecular weight excluding hydrogens is 164 g/mol. The predicted molar refractivity (Wildman–Crippen MR) is 54.7 cm³/mol. The largest absolute Gasteiger partial charge is 0.383 e. The molecule has 3 heteroatoms. The second-order valence-electron chi connectivity index (χ2n) is 3.28. The molecule has 0 aliphatic heterocycles. The van der Waals surface area contributed by atoms with Gasteiger partial charge in [-0.05, 0) is 31.5 Å². The lowest BCUT2D eigenvalue weighted by molar-refractivity contribution is 0.899. The van der Waals surface area contributed by atoms with Crippen LogP contribution in [0.5, 0.6) is 0 Å². The Labute approximate surface area is 78.1 Å². The Hall–Kier alpha value is -1.38. The molecule has 1 aromatic carbocycles. The van der Waals surface area contributed by atoms with Crippen molar-refractivity contribution in [2.75, 3.05) is 5.32 Å². The van der Waals surface area contributed by atoms with Gasteiger partial charge in [0, 0.05) is 11.7 Å². The van der Waals surface area contributed by atoms with Crippen molar-refractivity contribution in [2.45, 2.75) is 26.4 Å². The molecule has 1 rings (SSSR count). The van der Waals surface area contributed by atoms with E-state index in [1.807, 2.05) is 24.3 Å². The minimum atomic E-state index is 0.252. The summed E-state index contributed by atoms with van der Waals surface area (Å²) in [5.41, 5.74) is 2.02. The molecule has 0 amide bonds. The standard InChI is InChI=1S/C10H14N2O/c1-8(2)12-10-5-3-9(4-6-10)7-11-13/h3-6,8,12H,7H2,1-2H3. The Morgan fingerprint density at radius 3 is 2.38 bits per heavy atom. The molecule has 0 fully saturated rings. The average molecular weight is 178 g/mol. The minimum Gasteiger partial charge on any atom is -0.383 e. The van der Waals surface area contributed by atoms with Crippen LogP contribution < -0.4 is 5.32 Å². The van der Waals surface area contributed by atoms with E-state index in [-0.39, 0.29) is 6.54 Å². The Balaban J connectivity index is 2.63. The van der Waals surface area contributed by atoms with Gasteiger partial charge in [-0.3, -0.25) is 0 Å². The third kappa shape index (κ3) is 3.23. The van der Waals surface area contributed by atoms with Crippen LogP contribution in [0.4, 0.5) is 5.69 Å². The minimum absolute atomic E-state index is 0.252. The van der Waals surface area contributed by atoms with Crippen molar-refractivity contribution < 1.29 is 0 Å². The number of hydrogen-bond acceptors (Lipinski definition) is 3. The highest BCUT2D eigenvalue weighted by Crippen LogP contribution is 2.11. The van der Waals surface area contributed by atoms with Crippen LogP contribution in [0.3, 0.4) is 0 Å². The maximum atomic E-state index is 9.97. The molecule has 0 aliphatic rings. The first-order chi connectivity index (χ1) is 6.22. The Kier molecular flexibility index (Phi) is 3.43. The lowest BCUT2D eigenvalue weighted by Gasteiger charge is -2.09. The Bertz CT molecular complexity index is 267. The van der Waals surface area contributed by atoms with E-state index in [1.165, 1.54) is 0 Å². The van der Waals surface area contributed by atoms with Crippen molar-refractivity contribution in [1.82, 2.24) is 0 Å². The molecule has 0 aliphatic carbocycles. The number of hydrogen-bond donors (Lipinski definition) is 1. The third-order valence-electron chi connectivity index (χ3n) is 1.66. The Morgan fingerprint density at radius 2 is 1.92 bits per heavy atom. The maximum absolute atomic E-state index is 9.97. The van der Waals surface area contributed by atoms with Gasteiger partial charge in [-0.15, -0.1) is 0 Å². The van der Waals surface area contributed by atoms with E-state index in [0.717, 1.165) is 11.3 Å². The van der Waals surface area contributed by atoms with Gasteiger partial charge < -0.3 is 5.32 Å². The number of anilines is 1. The lowest BCUT2D eigenvalue weighted by Crippen LogP contribution is -2.09. The molecular formula is C10H14N2O. The van der Waals surface area contributed by atoms with Crippen LogP contribution in [-0.4, -0.2) is 6.04 Å². The molecule has 0 saturated carbocycles. The first-order valence-electron chi connectivity index (χ1n) is 4.37. The zero-order valence-electron chi connectivity index (χ0n) is 7.95. The summed E-state index contributed by atoms with van der Waals surface area (Å²) in [4.78, 5) is 9.97. The van der Waals surface area contributed by atoms with Crippen LogP contribution in [0, 0.1) is 4.91 Å². The number of nitroso groups, excluding NO2 is 1. The van der Waals surface area contributed by atoms with Crippen LogP contribution in [0.1, 0.15) is 19.4 Å². The van der Waals surface area contributed by atoms with Crippen LogP contribution in [0.25, 0.3) is 0 Å². The van der Waals surface area contributed by atoms with E-state index in [2.05, 4.69) is 24.3 Å². The molecule has 0 saturated heterocycles. The highest BCUT2D eigenvalue weighted by Gasteiger charge is 1.95. The van der Waals surface area contributed by atoms with Gasteiger partial charge in [-0.2, -0.15) is 4.91 Å². The van der Waals surface area contributed by atoms with Gasteiger partial charge in [-0.1, -0.05) is 17.3 Å². The molecule has 0 aromatic heterocycles. The van der Waals surface area contributed by atoms with Gasteiger partial charge in [0.05, 0.1) is 0 Å². The summed E-state index contributed by atoms with van der Waals surface area (Å²) in [6.07, 6.45) is 0. The summed E-state index contributed by atoms with van der Waals surface area (Å²) >= 11 is 0. The molecule has 0 unspecified atom stereocenters. The van der Waals surface area contributed by atoms with Crippen molar-refractivity contribution in [3.63, 3.8) is 0 Å². The first kappa shape index (κ1) is 9.71. The third-order valence-corrected chi connectivity index (χ3v) is 1.66. The number of nitrogens with zero attached hydrogens (tertiary/aromatic N) is 1. The van der Waals surface area contributed by atoms with E-state index in [1.54, 1.807) is 0 Å². The van der Waals surface area contributed by atoms with E-state index in [9.17, 15) is 4.91 Å². The van der Waals surface area contributed by atoms with E-state index in [0.29, 0.717) is 6.04 Å². The summed E-state index contributed by atoms with van der Waals surface area (Å²) in [6.45, 7) is 4.42. The molecule has 1 N–H and O–H groups in total. The van der Waals surface area contributed by atoms with Gasteiger partial charge >= 0.3 is 0 Å².